The maximum absolute atomic E-state index is 12.8. The van der Waals surface area contributed by atoms with Crippen LogP contribution in [0.5, 0.6) is 11.5 Å². The predicted octanol–water partition coefficient (Wildman–Crippen LogP) is 4.90. The third-order valence-corrected chi connectivity index (χ3v) is 5.63. The van der Waals surface area contributed by atoms with Gasteiger partial charge in [-0.1, -0.05) is 50.6 Å². The van der Waals surface area contributed by atoms with Crippen molar-refractivity contribution in [3.63, 3.8) is 0 Å². The van der Waals surface area contributed by atoms with Gasteiger partial charge in [0, 0.05) is 41.5 Å². The Balaban J connectivity index is 1.75. The van der Waals surface area contributed by atoms with Crippen LogP contribution in [0.2, 0.25) is 0 Å². The van der Waals surface area contributed by atoms with Crippen LogP contribution >= 0.6 is 0 Å². The molecule has 2 N–H and O–H groups in total. The summed E-state index contributed by atoms with van der Waals surface area (Å²) in [4.78, 5) is 16.2. The second-order valence-corrected chi connectivity index (χ2v) is 7.48. The van der Waals surface area contributed by atoms with E-state index in [4.69, 9.17) is 9.47 Å². The average molecular weight is 392 g/mol. The Kier molecular flexibility index (Phi) is 5.74. The van der Waals surface area contributed by atoms with Gasteiger partial charge < -0.3 is 19.8 Å². The number of unbranched alkanes of at least 4 members (excludes halogenated alkanes) is 1. The summed E-state index contributed by atoms with van der Waals surface area (Å²) in [5, 5.41) is 4.22. The molecule has 5 nitrogen and oxygen atoms in total. The SMILES string of the molecule is CCCCNC(=O)C[C@@H](c1cccc2c1OCO2)c1c[nH]c2c(CC)cccc12. The summed E-state index contributed by atoms with van der Waals surface area (Å²) in [7, 11) is 0. The van der Waals surface area contributed by atoms with Gasteiger partial charge in [-0.25, -0.2) is 0 Å². The fraction of sp³-hybridized carbons (Fsp3) is 0.375. The van der Waals surface area contributed by atoms with E-state index in [0.29, 0.717) is 13.0 Å². The predicted molar refractivity (Wildman–Crippen MR) is 115 cm³/mol. The van der Waals surface area contributed by atoms with Gasteiger partial charge in [-0.2, -0.15) is 0 Å². The van der Waals surface area contributed by atoms with Crippen molar-refractivity contribution >= 4 is 16.8 Å². The third-order valence-electron chi connectivity index (χ3n) is 5.63. The number of carbonyl (C=O) groups is 1. The Morgan fingerprint density at radius 2 is 2.00 bits per heavy atom. The number of amides is 1. The maximum Gasteiger partial charge on any atom is 0.231 e. The van der Waals surface area contributed by atoms with Gasteiger partial charge >= 0.3 is 0 Å². The van der Waals surface area contributed by atoms with Crippen LogP contribution in [0, 0.1) is 0 Å². The van der Waals surface area contributed by atoms with Crippen LogP contribution in [0.3, 0.4) is 0 Å². The van der Waals surface area contributed by atoms with E-state index in [-0.39, 0.29) is 18.6 Å². The fourth-order valence-corrected chi connectivity index (χ4v) is 4.10. The summed E-state index contributed by atoms with van der Waals surface area (Å²) in [6.45, 7) is 5.21. The van der Waals surface area contributed by atoms with E-state index in [1.54, 1.807) is 0 Å². The Bertz CT molecular complexity index is 1010. The number of fused-ring (bicyclic) bond motifs is 2. The van der Waals surface area contributed by atoms with Gasteiger partial charge in [-0.3, -0.25) is 4.79 Å². The zero-order valence-electron chi connectivity index (χ0n) is 17.1. The summed E-state index contributed by atoms with van der Waals surface area (Å²) in [6, 6.07) is 12.3. The van der Waals surface area contributed by atoms with E-state index in [0.717, 1.165) is 52.8 Å². The molecule has 2 aromatic carbocycles. The number of H-pyrrole nitrogens is 1. The molecule has 0 bridgehead atoms. The van der Waals surface area contributed by atoms with Crippen LogP contribution in [-0.2, 0) is 11.2 Å². The molecule has 2 heterocycles. The number of benzene rings is 2. The zero-order chi connectivity index (χ0) is 20.2. The molecule has 1 amide bonds. The highest BCUT2D eigenvalue weighted by Gasteiger charge is 2.28. The molecule has 1 atom stereocenters. The smallest absolute Gasteiger partial charge is 0.231 e. The number of hydrogen-bond acceptors (Lipinski definition) is 3. The minimum atomic E-state index is -0.117. The molecule has 29 heavy (non-hydrogen) atoms. The number of aromatic nitrogens is 1. The van der Waals surface area contributed by atoms with Crippen molar-refractivity contribution in [1.82, 2.24) is 10.3 Å². The van der Waals surface area contributed by atoms with Crippen molar-refractivity contribution in [2.45, 2.75) is 45.4 Å². The van der Waals surface area contributed by atoms with Crippen LogP contribution in [0.4, 0.5) is 0 Å². The topological polar surface area (TPSA) is 63.4 Å². The molecular weight excluding hydrogens is 364 g/mol. The first-order valence-corrected chi connectivity index (χ1v) is 10.5. The first-order valence-electron chi connectivity index (χ1n) is 10.5. The molecule has 1 aliphatic heterocycles. The Morgan fingerprint density at radius 3 is 2.83 bits per heavy atom. The van der Waals surface area contributed by atoms with E-state index in [1.165, 1.54) is 5.56 Å². The quantitative estimate of drug-likeness (QED) is 0.536. The normalized spacial score (nSPS) is 13.6. The Hall–Kier alpha value is -2.95. The van der Waals surface area contributed by atoms with Gasteiger partial charge in [0.25, 0.3) is 0 Å². The molecule has 0 radical (unpaired) electrons. The summed E-state index contributed by atoms with van der Waals surface area (Å²) >= 11 is 0. The lowest BCUT2D eigenvalue weighted by atomic mass is 9.86. The molecule has 4 rings (SSSR count). The van der Waals surface area contributed by atoms with Crippen LogP contribution in [0.15, 0.2) is 42.6 Å². The van der Waals surface area contributed by atoms with Gasteiger partial charge in [0.15, 0.2) is 11.5 Å². The molecule has 1 aromatic heterocycles. The van der Waals surface area contributed by atoms with Crippen LogP contribution < -0.4 is 14.8 Å². The minimum absolute atomic E-state index is 0.0564. The molecule has 0 saturated carbocycles. The highest BCUT2D eigenvalue weighted by Crippen LogP contribution is 2.44. The maximum atomic E-state index is 12.8. The van der Waals surface area contributed by atoms with E-state index >= 15 is 0 Å². The lowest BCUT2D eigenvalue weighted by Gasteiger charge is -2.19. The number of ether oxygens (including phenoxy) is 2. The number of rotatable bonds is 8. The van der Waals surface area contributed by atoms with Crippen molar-refractivity contribution < 1.29 is 14.3 Å². The molecule has 5 heteroatoms. The summed E-state index contributed by atoms with van der Waals surface area (Å²) in [6.07, 6.45) is 5.41. The molecular formula is C24H28N2O3. The Morgan fingerprint density at radius 1 is 1.14 bits per heavy atom. The Labute approximate surface area is 171 Å². The van der Waals surface area contributed by atoms with E-state index in [2.05, 4.69) is 42.3 Å². The molecule has 0 saturated heterocycles. The summed E-state index contributed by atoms with van der Waals surface area (Å²) < 4.78 is 11.4. The molecule has 1 aliphatic rings. The van der Waals surface area contributed by atoms with Crippen molar-refractivity contribution in [2.75, 3.05) is 13.3 Å². The third kappa shape index (κ3) is 3.82. The molecule has 3 aromatic rings. The number of aromatic amines is 1. The van der Waals surface area contributed by atoms with Crippen molar-refractivity contribution in [1.29, 1.82) is 0 Å². The largest absolute Gasteiger partial charge is 0.454 e. The second-order valence-electron chi connectivity index (χ2n) is 7.48. The standard InChI is InChI=1S/C24H28N2O3/c1-3-5-12-25-22(27)13-19(18-10-7-11-21-24(18)29-15-28-21)20-14-26-23-16(4-2)8-6-9-17(20)23/h6-11,14,19,26H,3-5,12-13,15H2,1-2H3,(H,25,27)/t19-/m0/s1. The summed E-state index contributed by atoms with van der Waals surface area (Å²) in [5.74, 6) is 1.43. The number of hydrogen-bond donors (Lipinski definition) is 2. The van der Waals surface area contributed by atoms with Gasteiger partial charge in [0.2, 0.25) is 12.7 Å². The van der Waals surface area contributed by atoms with E-state index in [1.807, 2.05) is 24.4 Å². The molecule has 0 aliphatic carbocycles. The second kappa shape index (κ2) is 8.60. The van der Waals surface area contributed by atoms with Gasteiger partial charge in [-0.15, -0.1) is 0 Å². The van der Waals surface area contributed by atoms with Gasteiger partial charge in [-0.05, 0) is 30.0 Å². The van der Waals surface area contributed by atoms with Crippen molar-refractivity contribution in [3.05, 3.63) is 59.3 Å². The first-order chi connectivity index (χ1) is 14.2. The first kappa shape index (κ1) is 19.4. The number of nitrogens with one attached hydrogen (secondary N) is 2. The van der Waals surface area contributed by atoms with Crippen LogP contribution in [-0.4, -0.2) is 24.2 Å². The lowest BCUT2D eigenvalue weighted by Crippen LogP contribution is -2.26. The molecule has 0 fully saturated rings. The monoisotopic (exact) mass is 392 g/mol. The van der Waals surface area contributed by atoms with Gasteiger partial charge in [0.05, 0.1) is 0 Å². The fourth-order valence-electron chi connectivity index (χ4n) is 4.10. The van der Waals surface area contributed by atoms with Crippen molar-refractivity contribution in [2.24, 2.45) is 0 Å². The average Bonchev–Trinajstić information content (AvgIpc) is 3.39. The highest BCUT2D eigenvalue weighted by molar-refractivity contribution is 5.88. The van der Waals surface area contributed by atoms with Crippen molar-refractivity contribution in [3.8, 4) is 11.5 Å². The molecule has 152 valence electrons. The number of aryl methyl sites for hydroxylation is 1. The number of carbonyl (C=O) groups excluding carboxylic acids is 1. The minimum Gasteiger partial charge on any atom is -0.454 e. The van der Waals surface area contributed by atoms with Crippen LogP contribution in [0.25, 0.3) is 10.9 Å². The lowest BCUT2D eigenvalue weighted by molar-refractivity contribution is -0.121. The molecule has 0 unspecified atom stereocenters. The number of para-hydroxylation sites is 2. The molecule has 0 spiro atoms. The summed E-state index contributed by atoms with van der Waals surface area (Å²) in [5.41, 5.74) is 4.53. The van der Waals surface area contributed by atoms with E-state index in [9.17, 15) is 4.79 Å². The van der Waals surface area contributed by atoms with Crippen LogP contribution in [0.1, 0.15) is 55.7 Å². The zero-order valence-corrected chi connectivity index (χ0v) is 17.1. The highest BCUT2D eigenvalue weighted by atomic mass is 16.7. The van der Waals surface area contributed by atoms with E-state index < -0.39 is 0 Å². The van der Waals surface area contributed by atoms with Gasteiger partial charge in [0.1, 0.15) is 0 Å².